The fourth-order valence-corrected chi connectivity index (χ4v) is 1.43. The third-order valence-electron chi connectivity index (χ3n) is 2.35. The van der Waals surface area contributed by atoms with Crippen molar-refractivity contribution in [3.63, 3.8) is 0 Å². The van der Waals surface area contributed by atoms with Gasteiger partial charge in [-0.1, -0.05) is 23.6 Å². The second-order valence-electron chi connectivity index (χ2n) is 3.98. The highest BCUT2D eigenvalue weighted by molar-refractivity contribution is 14.0. The van der Waals surface area contributed by atoms with Crippen LogP contribution in [0.1, 0.15) is 12.5 Å². The fraction of sp³-hybridized carbons (Fsp3) is 0.400. The lowest BCUT2D eigenvalue weighted by Gasteiger charge is -2.09. The maximum Gasteiger partial charge on any atom is 0.192 e. The van der Waals surface area contributed by atoms with Gasteiger partial charge < -0.3 is 15.4 Å². The predicted octanol–water partition coefficient (Wildman–Crippen LogP) is 2.18. The van der Waals surface area contributed by atoms with Crippen LogP contribution in [0.5, 0.6) is 5.75 Å². The Labute approximate surface area is 138 Å². The summed E-state index contributed by atoms with van der Waals surface area (Å²) in [6.45, 7) is 6.44. The van der Waals surface area contributed by atoms with E-state index in [2.05, 4.69) is 21.5 Å². The molecule has 2 N–H and O–H groups in total. The summed E-state index contributed by atoms with van der Waals surface area (Å²) in [5, 5.41) is 6.14. The van der Waals surface area contributed by atoms with Gasteiger partial charge in [-0.2, -0.15) is 0 Å². The van der Waals surface area contributed by atoms with Gasteiger partial charge in [0.05, 0.1) is 13.1 Å². The van der Waals surface area contributed by atoms with E-state index in [1.165, 1.54) is 5.56 Å². The van der Waals surface area contributed by atoms with Gasteiger partial charge in [0.15, 0.2) is 5.96 Å². The molecule has 0 unspecified atom stereocenters. The van der Waals surface area contributed by atoms with Crippen LogP contribution in [-0.4, -0.2) is 32.2 Å². The van der Waals surface area contributed by atoms with Gasteiger partial charge in [0.25, 0.3) is 0 Å². The summed E-state index contributed by atoms with van der Waals surface area (Å²) in [5.74, 6) is 4.09. The van der Waals surface area contributed by atoms with Crippen molar-refractivity contribution in [2.75, 3.05) is 26.2 Å². The molecule has 4 nitrogen and oxygen atoms in total. The Balaban J connectivity index is 0.00000361. The highest BCUT2D eigenvalue weighted by atomic mass is 127. The summed E-state index contributed by atoms with van der Waals surface area (Å²) >= 11 is 0. The van der Waals surface area contributed by atoms with Crippen molar-refractivity contribution < 1.29 is 4.74 Å². The first-order chi connectivity index (χ1) is 9.26. The van der Waals surface area contributed by atoms with Crippen LogP contribution < -0.4 is 15.4 Å². The van der Waals surface area contributed by atoms with Crippen LogP contribution in [0.15, 0.2) is 29.3 Å². The second-order valence-corrected chi connectivity index (χ2v) is 3.98. The van der Waals surface area contributed by atoms with E-state index >= 15 is 0 Å². The summed E-state index contributed by atoms with van der Waals surface area (Å²) in [5.41, 5.74) is 1.22. The third kappa shape index (κ3) is 7.89. The molecule has 0 aliphatic rings. The third-order valence-corrected chi connectivity index (χ3v) is 2.35. The van der Waals surface area contributed by atoms with Crippen molar-refractivity contribution >= 4 is 29.9 Å². The Kier molecular flexibility index (Phi) is 10.6. The van der Waals surface area contributed by atoms with Crippen molar-refractivity contribution in [1.82, 2.24) is 10.6 Å². The summed E-state index contributed by atoms with van der Waals surface area (Å²) < 4.78 is 5.59. The van der Waals surface area contributed by atoms with Crippen molar-refractivity contribution in [2.24, 2.45) is 4.99 Å². The summed E-state index contributed by atoms with van der Waals surface area (Å²) in [6.07, 6.45) is 5.20. The van der Waals surface area contributed by atoms with Gasteiger partial charge in [0.2, 0.25) is 0 Å². The number of hydrogen-bond acceptors (Lipinski definition) is 2. The standard InChI is InChI=1S/C15H21N3O.HI/c1-4-10-17-15(16-5-2)18-11-12-19-14-8-6-13(3)7-9-14;/h1,6-9H,5,10-12H2,2-3H3,(H2,16,17,18);1H. The van der Waals surface area contributed by atoms with E-state index in [4.69, 9.17) is 11.2 Å². The Morgan fingerprint density at radius 3 is 2.60 bits per heavy atom. The van der Waals surface area contributed by atoms with Crippen LogP contribution in [0.25, 0.3) is 0 Å². The second kappa shape index (κ2) is 11.4. The number of guanidine groups is 1. The first-order valence-corrected chi connectivity index (χ1v) is 6.41. The molecule has 0 radical (unpaired) electrons. The van der Waals surface area contributed by atoms with Crippen LogP contribution in [0, 0.1) is 19.3 Å². The minimum atomic E-state index is 0. The maximum absolute atomic E-state index is 5.59. The van der Waals surface area contributed by atoms with E-state index in [9.17, 15) is 0 Å². The molecule has 0 saturated heterocycles. The highest BCUT2D eigenvalue weighted by Gasteiger charge is 1.95. The Hall–Kier alpha value is -1.42. The Morgan fingerprint density at radius 1 is 1.30 bits per heavy atom. The zero-order valence-corrected chi connectivity index (χ0v) is 14.3. The lowest BCUT2D eigenvalue weighted by Crippen LogP contribution is -2.37. The zero-order valence-electron chi connectivity index (χ0n) is 12.0. The molecule has 0 spiro atoms. The largest absolute Gasteiger partial charge is 0.492 e. The number of aliphatic imine (C=N–C) groups is 1. The minimum absolute atomic E-state index is 0. The molecule has 0 fully saturated rings. The quantitative estimate of drug-likeness (QED) is 0.259. The SMILES string of the molecule is C#CCNC(=NCCOc1ccc(C)cc1)NCC.I. The molecule has 5 heteroatoms. The van der Waals surface area contributed by atoms with E-state index in [-0.39, 0.29) is 24.0 Å². The monoisotopic (exact) mass is 387 g/mol. The average molecular weight is 387 g/mol. The molecule has 0 heterocycles. The molecule has 1 aromatic rings. The van der Waals surface area contributed by atoms with Gasteiger partial charge in [-0.15, -0.1) is 30.4 Å². The first kappa shape index (κ1) is 18.6. The molecule has 0 aromatic heterocycles. The topological polar surface area (TPSA) is 45.7 Å². The molecule has 0 bridgehead atoms. The smallest absolute Gasteiger partial charge is 0.192 e. The number of benzene rings is 1. The molecule has 0 saturated carbocycles. The van der Waals surface area contributed by atoms with E-state index < -0.39 is 0 Å². The molecule has 1 rings (SSSR count). The van der Waals surface area contributed by atoms with E-state index in [1.54, 1.807) is 0 Å². The normalized spacial score (nSPS) is 10.2. The van der Waals surface area contributed by atoms with Gasteiger partial charge >= 0.3 is 0 Å². The molecule has 1 aromatic carbocycles. The van der Waals surface area contributed by atoms with Crippen LogP contribution in [0.3, 0.4) is 0 Å². The Morgan fingerprint density at radius 2 is 2.00 bits per heavy atom. The predicted molar refractivity (Wildman–Crippen MR) is 94.9 cm³/mol. The maximum atomic E-state index is 5.59. The van der Waals surface area contributed by atoms with Crippen molar-refractivity contribution in [2.45, 2.75) is 13.8 Å². The molecular weight excluding hydrogens is 365 g/mol. The van der Waals surface area contributed by atoms with Crippen molar-refractivity contribution in [1.29, 1.82) is 0 Å². The molecule has 20 heavy (non-hydrogen) atoms. The molecule has 0 amide bonds. The molecule has 0 atom stereocenters. The van der Waals surface area contributed by atoms with E-state index in [0.29, 0.717) is 25.7 Å². The summed E-state index contributed by atoms with van der Waals surface area (Å²) in [6, 6.07) is 7.97. The number of halogens is 1. The van der Waals surface area contributed by atoms with E-state index in [1.807, 2.05) is 38.1 Å². The molecular formula is C15H22IN3O. The van der Waals surface area contributed by atoms with Crippen LogP contribution in [-0.2, 0) is 0 Å². The summed E-state index contributed by atoms with van der Waals surface area (Å²) in [4.78, 5) is 4.36. The number of aryl methyl sites for hydroxylation is 1. The minimum Gasteiger partial charge on any atom is -0.492 e. The molecule has 110 valence electrons. The molecule has 0 aliphatic carbocycles. The van der Waals surface area contributed by atoms with Gasteiger partial charge in [0, 0.05) is 6.54 Å². The van der Waals surface area contributed by atoms with Crippen LogP contribution in [0.4, 0.5) is 0 Å². The average Bonchev–Trinajstić information content (AvgIpc) is 2.42. The van der Waals surface area contributed by atoms with Crippen molar-refractivity contribution in [3.8, 4) is 18.1 Å². The van der Waals surface area contributed by atoms with Gasteiger partial charge in [-0.25, -0.2) is 4.99 Å². The summed E-state index contributed by atoms with van der Waals surface area (Å²) in [7, 11) is 0. The number of ether oxygens (including phenoxy) is 1. The Bertz CT molecular complexity index is 437. The van der Waals surface area contributed by atoms with Gasteiger partial charge in [-0.05, 0) is 26.0 Å². The number of rotatable bonds is 6. The van der Waals surface area contributed by atoms with Crippen LogP contribution in [0.2, 0.25) is 0 Å². The fourth-order valence-electron chi connectivity index (χ4n) is 1.43. The zero-order chi connectivity index (χ0) is 13.9. The van der Waals surface area contributed by atoms with Gasteiger partial charge in [-0.3, -0.25) is 0 Å². The first-order valence-electron chi connectivity index (χ1n) is 6.41. The lowest BCUT2D eigenvalue weighted by molar-refractivity contribution is 0.328. The number of nitrogens with zero attached hydrogens (tertiary/aromatic N) is 1. The van der Waals surface area contributed by atoms with Crippen molar-refractivity contribution in [3.05, 3.63) is 29.8 Å². The number of hydrogen-bond donors (Lipinski definition) is 2. The van der Waals surface area contributed by atoms with E-state index in [0.717, 1.165) is 12.3 Å². The lowest BCUT2D eigenvalue weighted by atomic mass is 10.2. The molecule has 0 aliphatic heterocycles. The van der Waals surface area contributed by atoms with Gasteiger partial charge in [0.1, 0.15) is 12.4 Å². The van der Waals surface area contributed by atoms with Crippen LogP contribution >= 0.6 is 24.0 Å². The number of terminal acetylenes is 1. The number of nitrogens with one attached hydrogen (secondary N) is 2. The highest BCUT2D eigenvalue weighted by Crippen LogP contribution is 2.10.